The Kier molecular flexibility index (Phi) is 10.4. The Morgan fingerprint density at radius 1 is 0.974 bits per heavy atom. The Hall–Kier alpha value is -3.70. The van der Waals surface area contributed by atoms with Gasteiger partial charge in [-0.15, -0.1) is 11.8 Å². The van der Waals surface area contributed by atoms with E-state index in [0.717, 1.165) is 9.20 Å². The quantitative estimate of drug-likeness (QED) is 0.187. The molecule has 0 heterocycles. The zero-order valence-corrected chi connectivity index (χ0v) is 23.3. The molecule has 0 unspecified atom stereocenters. The SMILES string of the molecule is CCOc1ccc(N(CC(=O)N/N=C\c2ccc(OC)c(OCC)c2)S(=O)(=O)c2ccc(SC)cc2)cc1. The van der Waals surface area contributed by atoms with Crippen LogP contribution in [0.15, 0.2) is 81.6 Å². The van der Waals surface area contributed by atoms with Crippen LogP contribution in [0.25, 0.3) is 0 Å². The van der Waals surface area contributed by atoms with Crippen molar-refractivity contribution >= 4 is 39.6 Å². The number of carbonyl (C=O) groups is 1. The van der Waals surface area contributed by atoms with E-state index in [1.54, 1.807) is 61.7 Å². The Labute approximate surface area is 227 Å². The van der Waals surface area contributed by atoms with E-state index in [1.165, 1.54) is 30.1 Å². The predicted molar refractivity (Wildman–Crippen MR) is 150 cm³/mol. The smallest absolute Gasteiger partial charge is 0.264 e. The first-order chi connectivity index (χ1) is 18.3. The maximum atomic E-state index is 13.6. The van der Waals surface area contributed by atoms with Crippen molar-refractivity contribution in [1.82, 2.24) is 5.43 Å². The fourth-order valence-corrected chi connectivity index (χ4v) is 5.28. The lowest BCUT2D eigenvalue weighted by Gasteiger charge is -2.24. The lowest BCUT2D eigenvalue weighted by Crippen LogP contribution is -2.39. The van der Waals surface area contributed by atoms with Crippen LogP contribution in [-0.4, -0.2) is 53.7 Å². The van der Waals surface area contributed by atoms with E-state index in [-0.39, 0.29) is 4.90 Å². The minimum atomic E-state index is -4.06. The van der Waals surface area contributed by atoms with Crippen molar-refractivity contribution in [2.75, 3.05) is 37.4 Å². The average molecular weight is 558 g/mol. The molecule has 202 valence electrons. The van der Waals surface area contributed by atoms with Crippen LogP contribution in [0.3, 0.4) is 0 Å². The van der Waals surface area contributed by atoms with Crippen molar-refractivity contribution < 1.29 is 27.4 Å². The van der Waals surface area contributed by atoms with Gasteiger partial charge in [-0.05, 0) is 92.4 Å². The molecule has 1 amide bonds. The highest BCUT2D eigenvalue weighted by Crippen LogP contribution is 2.28. The molecule has 3 rings (SSSR count). The highest BCUT2D eigenvalue weighted by molar-refractivity contribution is 7.98. The highest BCUT2D eigenvalue weighted by Gasteiger charge is 2.27. The number of methoxy groups -OCH3 is 1. The molecule has 0 radical (unpaired) electrons. The third-order valence-corrected chi connectivity index (χ3v) is 7.79. The summed E-state index contributed by atoms with van der Waals surface area (Å²) in [5.74, 6) is 1.11. The van der Waals surface area contributed by atoms with Crippen LogP contribution in [0.2, 0.25) is 0 Å². The second kappa shape index (κ2) is 13.7. The Bertz CT molecular complexity index is 1340. The van der Waals surface area contributed by atoms with Crippen LogP contribution in [0.1, 0.15) is 19.4 Å². The number of anilines is 1. The Morgan fingerprint density at radius 3 is 2.26 bits per heavy atom. The summed E-state index contributed by atoms with van der Waals surface area (Å²) in [6.07, 6.45) is 3.35. The number of carbonyl (C=O) groups excluding carboxylic acids is 1. The van der Waals surface area contributed by atoms with Crippen molar-refractivity contribution in [3.63, 3.8) is 0 Å². The molecule has 0 aliphatic rings. The highest BCUT2D eigenvalue weighted by atomic mass is 32.2. The van der Waals surface area contributed by atoms with Crippen molar-refractivity contribution in [3.8, 4) is 17.2 Å². The minimum Gasteiger partial charge on any atom is -0.494 e. The number of nitrogens with zero attached hydrogens (tertiary/aromatic N) is 2. The summed E-state index contributed by atoms with van der Waals surface area (Å²) in [5, 5.41) is 4.00. The largest absolute Gasteiger partial charge is 0.494 e. The third-order valence-electron chi connectivity index (χ3n) is 5.26. The predicted octanol–water partition coefficient (Wildman–Crippen LogP) is 4.56. The molecule has 0 saturated carbocycles. The average Bonchev–Trinajstić information content (AvgIpc) is 2.93. The molecule has 3 aromatic rings. The molecule has 0 saturated heterocycles. The first kappa shape index (κ1) is 28.9. The summed E-state index contributed by atoms with van der Waals surface area (Å²) in [4.78, 5) is 13.8. The zero-order chi connectivity index (χ0) is 27.5. The van der Waals surface area contributed by atoms with Crippen LogP contribution >= 0.6 is 11.8 Å². The fraction of sp³-hybridized carbons (Fsp3) is 0.259. The van der Waals surface area contributed by atoms with Crippen LogP contribution in [0.4, 0.5) is 5.69 Å². The maximum Gasteiger partial charge on any atom is 0.264 e. The van der Waals surface area contributed by atoms with Crippen LogP contribution in [0, 0.1) is 0 Å². The molecule has 0 bridgehead atoms. The number of hydrogen-bond acceptors (Lipinski definition) is 8. The van der Waals surface area contributed by atoms with E-state index in [9.17, 15) is 13.2 Å². The number of thioether (sulfide) groups is 1. The number of hydrogen-bond donors (Lipinski definition) is 1. The number of nitrogens with one attached hydrogen (secondary N) is 1. The Morgan fingerprint density at radius 2 is 1.66 bits per heavy atom. The summed E-state index contributed by atoms with van der Waals surface area (Å²) in [5.41, 5.74) is 3.39. The van der Waals surface area contributed by atoms with Gasteiger partial charge >= 0.3 is 0 Å². The van der Waals surface area contributed by atoms with Crippen LogP contribution < -0.4 is 23.9 Å². The molecular formula is C27H31N3O6S2. The van der Waals surface area contributed by atoms with Gasteiger partial charge in [0.05, 0.1) is 37.1 Å². The Balaban J connectivity index is 1.82. The van der Waals surface area contributed by atoms with Crippen LogP contribution in [0.5, 0.6) is 17.2 Å². The molecular weight excluding hydrogens is 526 g/mol. The van der Waals surface area contributed by atoms with Gasteiger partial charge in [-0.1, -0.05) is 0 Å². The number of hydrazone groups is 1. The van der Waals surface area contributed by atoms with Gasteiger partial charge in [0.2, 0.25) is 0 Å². The van der Waals surface area contributed by atoms with Gasteiger partial charge < -0.3 is 14.2 Å². The van der Waals surface area contributed by atoms with E-state index < -0.39 is 22.5 Å². The van der Waals surface area contributed by atoms with Gasteiger partial charge in [0.15, 0.2) is 11.5 Å². The summed E-state index contributed by atoms with van der Waals surface area (Å²) < 4.78 is 44.5. The van der Waals surface area contributed by atoms with Crippen LogP contribution in [-0.2, 0) is 14.8 Å². The van der Waals surface area contributed by atoms with Crippen molar-refractivity contribution in [1.29, 1.82) is 0 Å². The summed E-state index contributed by atoms with van der Waals surface area (Å²) >= 11 is 1.51. The third kappa shape index (κ3) is 7.42. The molecule has 38 heavy (non-hydrogen) atoms. The van der Waals surface area contributed by atoms with Gasteiger partial charge in [0, 0.05) is 4.90 Å². The molecule has 0 fully saturated rings. The van der Waals surface area contributed by atoms with Gasteiger partial charge in [-0.25, -0.2) is 13.8 Å². The van der Waals surface area contributed by atoms with E-state index in [4.69, 9.17) is 14.2 Å². The van der Waals surface area contributed by atoms with E-state index in [1.807, 2.05) is 20.1 Å². The lowest BCUT2D eigenvalue weighted by molar-refractivity contribution is -0.119. The number of sulfonamides is 1. The molecule has 0 aliphatic heterocycles. The molecule has 0 spiro atoms. The minimum absolute atomic E-state index is 0.0715. The standard InChI is InChI=1S/C27H31N3O6S2/c1-5-35-22-10-8-21(9-11-22)30(38(32,33)24-14-12-23(37-4)13-15-24)19-27(31)29-28-18-20-7-16-25(34-3)26(17-20)36-6-2/h7-18H,5-6,19H2,1-4H3,(H,29,31)/b28-18-. The van der Waals surface area contributed by atoms with E-state index in [0.29, 0.717) is 41.7 Å². The molecule has 0 aliphatic carbocycles. The molecule has 1 N–H and O–H groups in total. The molecule has 11 heteroatoms. The number of ether oxygens (including phenoxy) is 3. The van der Waals surface area contributed by atoms with Gasteiger partial charge in [0.25, 0.3) is 15.9 Å². The first-order valence-corrected chi connectivity index (χ1v) is 14.5. The number of amides is 1. The van der Waals surface area contributed by atoms with Crippen molar-refractivity contribution in [2.24, 2.45) is 5.10 Å². The molecule has 9 nitrogen and oxygen atoms in total. The maximum absolute atomic E-state index is 13.6. The number of rotatable bonds is 13. The molecule has 0 aromatic heterocycles. The molecule has 3 aromatic carbocycles. The molecule has 0 atom stereocenters. The summed E-state index contributed by atoms with van der Waals surface area (Å²) in [7, 11) is -2.51. The van der Waals surface area contributed by atoms with Crippen molar-refractivity contribution in [3.05, 3.63) is 72.3 Å². The van der Waals surface area contributed by atoms with Gasteiger partial charge in [0.1, 0.15) is 12.3 Å². The normalized spacial score (nSPS) is 11.3. The zero-order valence-electron chi connectivity index (χ0n) is 21.7. The summed E-state index contributed by atoms with van der Waals surface area (Å²) in [6.45, 7) is 4.18. The van der Waals surface area contributed by atoms with Crippen molar-refractivity contribution in [2.45, 2.75) is 23.6 Å². The monoisotopic (exact) mass is 557 g/mol. The number of benzene rings is 3. The van der Waals surface area contributed by atoms with Gasteiger partial charge in [-0.2, -0.15) is 5.10 Å². The van der Waals surface area contributed by atoms with E-state index in [2.05, 4.69) is 10.5 Å². The topological polar surface area (TPSA) is 107 Å². The van der Waals surface area contributed by atoms with Gasteiger partial charge in [-0.3, -0.25) is 9.10 Å². The lowest BCUT2D eigenvalue weighted by atomic mass is 10.2. The second-order valence-corrected chi connectivity index (χ2v) is 10.5. The summed E-state index contributed by atoms with van der Waals surface area (Å²) in [6, 6.07) is 18.2. The first-order valence-electron chi connectivity index (χ1n) is 11.8. The second-order valence-electron chi connectivity index (χ2n) is 7.75. The fourth-order valence-electron chi connectivity index (χ4n) is 3.45. The van der Waals surface area contributed by atoms with E-state index >= 15 is 0 Å².